The summed E-state index contributed by atoms with van der Waals surface area (Å²) in [7, 11) is 0. The minimum Gasteiger partial charge on any atom is -0.390 e. The summed E-state index contributed by atoms with van der Waals surface area (Å²) >= 11 is 0. The van der Waals surface area contributed by atoms with Crippen molar-refractivity contribution in [2.24, 2.45) is 5.73 Å². The van der Waals surface area contributed by atoms with Gasteiger partial charge in [-0.2, -0.15) is 0 Å². The summed E-state index contributed by atoms with van der Waals surface area (Å²) in [6, 6.07) is 0.144. The smallest absolute Gasteiger partial charge is 0.0606 e. The molecule has 1 unspecified atom stereocenters. The summed E-state index contributed by atoms with van der Waals surface area (Å²) in [5, 5.41) is 9.24. The van der Waals surface area contributed by atoms with E-state index in [1.165, 1.54) is 0 Å². The van der Waals surface area contributed by atoms with Crippen molar-refractivity contribution in [3.05, 3.63) is 0 Å². The van der Waals surface area contributed by atoms with Crippen LogP contribution in [0.1, 0.15) is 33.6 Å². The van der Waals surface area contributed by atoms with Gasteiger partial charge in [-0.15, -0.1) is 0 Å². The molecule has 0 aromatic rings. The van der Waals surface area contributed by atoms with Crippen molar-refractivity contribution in [2.45, 2.75) is 45.3 Å². The molecule has 0 aliphatic rings. The van der Waals surface area contributed by atoms with Crippen molar-refractivity contribution in [3.63, 3.8) is 0 Å². The highest BCUT2D eigenvalue weighted by Crippen LogP contribution is 2.10. The Morgan fingerprint density at radius 1 is 1.56 bits per heavy atom. The van der Waals surface area contributed by atoms with E-state index < -0.39 is 5.60 Å². The zero-order chi connectivity index (χ0) is 7.49. The molecule has 0 saturated heterocycles. The lowest BCUT2D eigenvalue weighted by atomic mass is 9.98. The molecule has 0 rings (SSSR count). The zero-order valence-corrected chi connectivity index (χ0v) is 6.52. The molecular weight excluding hydrogens is 114 g/mol. The molecule has 0 amide bonds. The Hall–Kier alpha value is -0.0800. The SMILES string of the molecule is CCC(N)CC(C)(C)O. The lowest BCUT2D eigenvalue weighted by molar-refractivity contribution is 0.0632. The monoisotopic (exact) mass is 131 g/mol. The minimum absolute atomic E-state index is 0.144. The van der Waals surface area contributed by atoms with E-state index in [0.29, 0.717) is 6.42 Å². The van der Waals surface area contributed by atoms with E-state index in [2.05, 4.69) is 0 Å². The molecule has 1 atom stereocenters. The Morgan fingerprint density at radius 2 is 2.00 bits per heavy atom. The van der Waals surface area contributed by atoms with Gasteiger partial charge in [-0.25, -0.2) is 0 Å². The molecular formula is C7H17NO. The Labute approximate surface area is 57.1 Å². The summed E-state index contributed by atoms with van der Waals surface area (Å²) in [6.07, 6.45) is 1.62. The molecule has 0 fully saturated rings. The molecule has 0 aliphatic heterocycles. The Morgan fingerprint density at radius 3 is 2.11 bits per heavy atom. The quantitative estimate of drug-likeness (QED) is 0.597. The topological polar surface area (TPSA) is 46.2 Å². The molecule has 0 bridgehead atoms. The minimum atomic E-state index is -0.602. The van der Waals surface area contributed by atoms with E-state index in [1.807, 2.05) is 6.92 Å². The highest BCUT2D eigenvalue weighted by atomic mass is 16.3. The highest BCUT2D eigenvalue weighted by Gasteiger charge is 2.15. The van der Waals surface area contributed by atoms with E-state index in [1.54, 1.807) is 13.8 Å². The molecule has 2 nitrogen and oxygen atoms in total. The summed E-state index contributed by atoms with van der Waals surface area (Å²) in [5.41, 5.74) is 5.00. The van der Waals surface area contributed by atoms with E-state index in [4.69, 9.17) is 5.73 Å². The van der Waals surface area contributed by atoms with Crippen LogP contribution in [0.2, 0.25) is 0 Å². The summed E-state index contributed by atoms with van der Waals surface area (Å²) in [5.74, 6) is 0. The first kappa shape index (κ1) is 8.92. The normalized spacial score (nSPS) is 15.7. The summed E-state index contributed by atoms with van der Waals surface area (Å²) < 4.78 is 0. The molecule has 2 heteroatoms. The van der Waals surface area contributed by atoms with E-state index in [0.717, 1.165) is 6.42 Å². The molecule has 0 spiro atoms. The van der Waals surface area contributed by atoms with Crippen LogP contribution in [0.5, 0.6) is 0 Å². The van der Waals surface area contributed by atoms with Crippen LogP contribution in [0.4, 0.5) is 0 Å². The second kappa shape index (κ2) is 3.18. The van der Waals surface area contributed by atoms with E-state index in [-0.39, 0.29) is 6.04 Å². The van der Waals surface area contributed by atoms with Gasteiger partial charge in [-0.3, -0.25) is 0 Å². The predicted molar refractivity (Wildman–Crippen MR) is 39.2 cm³/mol. The number of nitrogens with two attached hydrogens (primary N) is 1. The van der Waals surface area contributed by atoms with Gasteiger partial charge < -0.3 is 10.8 Å². The maximum atomic E-state index is 9.24. The first-order valence-electron chi connectivity index (χ1n) is 3.43. The number of rotatable bonds is 3. The van der Waals surface area contributed by atoms with Gasteiger partial charge >= 0.3 is 0 Å². The summed E-state index contributed by atoms with van der Waals surface area (Å²) in [4.78, 5) is 0. The molecule has 56 valence electrons. The van der Waals surface area contributed by atoms with Gasteiger partial charge in [0.05, 0.1) is 5.60 Å². The average molecular weight is 131 g/mol. The van der Waals surface area contributed by atoms with Crippen molar-refractivity contribution >= 4 is 0 Å². The first-order valence-corrected chi connectivity index (χ1v) is 3.43. The van der Waals surface area contributed by atoms with Gasteiger partial charge in [0, 0.05) is 6.04 Å². The van der Waals surface area contributed by atoms with E-state index >= 15 is 0 Å². The molecule has 0 radical (unpaired) electrons. The van der Waals surface area contributed by atoms with Crippen molar-refractivity contribution in [2.75, 3.05) is 0 Å². The number of hydrogen-bond acceptors (Lipinski definition) is 2. The maximum absolute atomic E-state index is 9.24. The fraction of sp³-hybridized carbons (Fsp3) is 1.00. The van der Waals surface area contributed by atoms with Gasteiger partial charge in [-0.1, -0.05) is 6.92 Å². The number of aliphatic hydroxyl groups is 1. The molecule has 0 aromatic heterocycles. The van der Waals surface area contributed by atoms with Crippen LogP contribution in [-0.4, -0.2) is 16.7 Å². The number of hydrogen-bond donors (Lipinski definition) is 2. The second-order valence-corrected chi connectivity index (χ2v) is 3.18. The van der Waals surface area contributed by atoms with Crippen molar-refractivity contribution in [3.8, 4) is 0 Å². The van der Waals surface area contributed by atoms with Crippen LogP contribution in [-0.2, 0) is 0 Å². The Balaban J connectivity index is 3.47. The largest absolute Gasteiger partial charge is 0.390 e. The molecule has 0 aliphatic carbocycles. The molecule has 9 heavy (non-hydrogen) atoms. The fourth-order valence-electron chi connectivity index (χ4n) is 0.786. The molecule has 3 N–H and O–H groups in total. The van der Waals surface area contributed by atoms with Crippen molar-refractivity contribution < 1.29 is 5.11 Å². The lowest BCUT2D eigenvalue weighted by Gasteiger charge is -2.20. The van der Waals surface area contributed by atoms with Crippen molar-refractivity contribution in [1.82, 2.24) is 0 Å². The van der Waals surface area contributed by atoms with Gasteiger partial charge in [0.15, 0.2) is 0 Å². The van der Waals surface area contributed by atoms with E-state index in [9.17, 15) is 5.11 Å². The Kier molecular flexibility index (Phi) is 3.15. The van der Waals surface area contributed by atoms with Gasteiger partial charge in [0.2, 0.25) is 0 Å². The third-order valence-electron chi connectivity index (χ3n) is 1.29. The molecule has 0 heterocycles. The van der Waals surface area contributed by atoms with Gasteiger partial charge in [0.1, 0.15) is 0 Å². The predicted octanol–water partition coefficient (Wildman–Crippen LogP) is 0.885. The Bertz CT molecular complexity index is 75.5. The van der Waals surface area contributed by atoms with Gasteiger partial charge in [0.25, 0.3) is 0 Å². The van der Waals surface area contributed by atoms with Crippen molar-refractivity contribution in [1.29, 1.82) is 0 Å². The highest BCUT2D eigenvalue weighted by molar-refractivity contribution is 4.72. The van der Waals surface area contributed by atoms with Crippen LogP contribution in [0.15, 0.2) is 0 Å². The molecule has 0 saturated carbocycles. The zero-order valence-electron chi connectivity index (χ0n) is 6.52. The van der Waals surface area contributed by atoms with Crippen LogP contribution < -0.4 is 5.73 Å². The third kappa shape index (κ3) is 5.80. The maximum Gasteiger partial charge on any atom is 0.0606 e. The summed E-state index contributed by atoms with van der Waals surface area (Å²) in [6.45, 7) is 5.58. The average Bonchev–Trinajstić information content (AvgIpc) is 1.62. The first-order chi connectivity index (χ1) is 3.95. The standard InChI is InChI=1S/C7H17NO/c1-4-6(8)5-7(2,3)9/h6,9H,4-5,8H2,1-3H3. The van der Waals surface area contributed by atoms with Crippen LogP contribution in [0, 0.1) is 0 Å². The second-order valence-electron chi connectivity index (χ2n) is 3.18. The lowest BCUT2D eigenvalue weighted by Crippen LogP contribution is -2.31. The third-order valence-corrected chi connectivity index (χ3v) is 1.29. The van der Waals surface area contributed by atoms with Crippen LogP contribution >= 0.6 is 0 Å². The molecule has 0 aromatic carbocycles. The van der Waals surface area contributed by atoms with Crippen LogP contribution in [0.25, 0.3) is 0 Å². The fourth-order valence-corrected chi connectivity index (χ4v) is 0.786. The van der Waals surface area contributed by atoms with Crippen LogP contribution in [0.3, 0.4) is 0 Å². The van der Waals surface area contributed by atoms with Gasteiger partial charge in [-0.05, 0) is 26.7 Å².